The average molecular weight is 287 g/mol. The van der Waals surface area contributed by atoms with Gasteiger partial charge in [0.15, 0.2) is 11.3 Å². The number of nitrogens with zero attached hydrogens (tertiary/aromatic N) is 4. The summed E-state index contributed by atoms with van der Waals surface area (Å²) in [6.45, 7) is 0. The van der Waals surface area contributed by atoms with Crippen LogP contribution in [0.4, 0.5) is 0 Å². The smallest absolute Gasteiger partial charge is 0.354 e. The maximum atomic E-state index is 11.1. The molecule has 0 amide bonds. The number of hydrogen-bond acceptors (Lipinski definition) is 6. The van der Waals surface area contributed by atoms with Crippen LogP contribution in [0.3, 0.4) is 0 Å². The third kappa shape index (κ3) is 2.32. The molecular weight excluding hydrogens is 278 g/mol. The van der Waals surface area contributed by atoms with Crippen LogP contribution < -0.4 is 0 Å². The second-order valence-electron chi connectivity index (χ2n) is 3.88. The van der Waals surface area contributed by atoms with Crippen molar-refractivity contribution in [1.82, 2.24) is 24.9 Å². The molecule has 3 aromatic heterocycles. The molecule has 0 aliphatic carbocycles. The Morgan fingerprint density at radius 2 is 2.20 bits per heavy atom. The zero-order chi connectivity index (χ0) is 13.9. The Morgan fingerprint density at radius 3 is 3.05 bits per heavy atom. The number of thioether (sulfide) groups is 1. The fourth-order valence-electron chi connectivity index (χ4n) is 1.75. The third-order valence-electron chi connectivity index (χ3n) is 2.65. The van der Waals surface area contributed by atoms with E-state index in [9.17, 15) is 4.79 Å². The molecule has 100 valence electrons. The summed E-state index contributed by atoms with van der Waals surface area (Å²) in [5.74, 6) is -0.573. The standard InChI is InChI=1S/C12H9N5O2S/c18-12(19)8-7(2-1-3-13-8)4-20-11-9-10(15-5-14-9)16-6-17-11/h1-3,5-6H,4H2,(H,18,19)(H,14,15,16,17). The zero-order valence-electron chi connectivity index (χ0n) is 10.1. The van der Waals surface area contributed by atoms with E-state index < -0.39 is 5.97 Å². The van der Waals surface area contributed by atoms with Crippen LogP contribution >= 0.6 is 11.8 Å². The Hall–Kier alpha value is -2.48. The fourth-order valence-corrected chi connectivity index (χ4v) is 2.69. The first-order valence-electron chi connectivity index (χ1n) is 5.70. The van der Waals surface area contributed by atoms with Crippen molar-refractivity contribution in [1.29, 1.82) is 0 Å². The quantitative estimate of drug-likeness (QED) is 0.556. The summed E-state index contributed by atoms with van der Waals surface area (Å²) >= 11 is 1.41. The van der Waals surface area contributed by atoms with E-state index in [-0.39, 0.29) is 5.69 Å². The number of aromatic carboxylic acids is 1. The Bertz CT molecular complexity index is 773. The lowest BCUT2D eigenvalue weighted by Gasteiger charge is -2.04. The summed E-state index contributed by atoms with van der Waals surface area (Å²) < 4.78 is 0. The number of carboxylic acids is 1. The highest BCUT2D eigenvalue weighted by Crippen LogP contribution is 2.26. The van der Waals surface area contributed by atoms with Crippen LogP contribution in [0.5, 0.6) is 0 Å². The van der Waals surface area contributed by atoms with Crippen molar-refractivity contribution in [2.45, 2.75) is 10.8 Å². The van der Waals surface area contributed by atoms with Gasteiger partial charge >= 0.3 is 5.97 Å². The van der Waals surface area contributed by atoms with E-state index in [4.69, 9.17) is 5.11 Å². The fraction of sp³-hybridized carbons (Fsp3) is 0.0833. The molecule has 2 N–H and O–H groups in total. The van der Waals surface area contributed by atoms with Gasteiger partial charge in [0.1, 0.15) is 16.9 Å². The van der Waals surface area contributed by atoms with Crippen molar-refractivity contribution in [3.8, 4) is 0 Å². The molecule has 0 atom stereocenters. The summed E-state index contributed by atoms with van der Waals surface area (Å²) in [5.41, 5.74) is 2.05. The van der Waals surface area contributed by atoms with E-state index in [2.05, 4.69) is 24.9 Å². The van der Waals surface area contributed by atoms with Crippen LogP contribution in [0.25, 0.3) is 11.2 Å². The molecule has 0 fully saturated rings. The molecule has 0 unspecified atom stereocenters. The second kappa shape index (κ2) is 5.25. The van der Waals surface area contributed by atoms with Gasteiger partial charge in [0.2, 0.25) is 0 Å². The molecule has 0 bridgehead atoms. The van der Waals surface area contributed by atoms with Crippen molar-refractivity contribution >= 4 is 28.9 Å². The van der Waals surface area contributed by atoms with Crippen LogP contribution in [-0.4, -0.2) is 36.0 Å². The lowest BCUT2D eigenvalue weighted by Crippen LogP contribution is -2.04. The van der Waals surface area contributed by atoms with Gasteiger partial charge in [-0.05, 0) is 11.6 Å². The number of hydrogen-bond donors (Lipinski definition) is 2. The largest absolute Gasteiger partial charge is 0.477 e. The van der Waals surface area contributed by atoms with E-state index in [0.29, 0.717) is 17.0 Å². The number of H-pyrrole nitrogens is 1. The Labute approximate surface area is 117 Å². The Balaban J connectivity index is 1.87. The van der Waals surface area contributed by atoms with E-state index in [1.165, 1.54) is 24.3 Å². The van der Waals surface area contributed by atoms with Gasteiger partial charge in [-0.25, -0.2) is 24.7 Å². The first-order valence-corrected chi connectivity index (χ1v) is 6.68. The lowest BCUT2D eigenvalue weighted by molar-refractivity contribution is 0.0689. The van der Waals surface area contributed by atoms with Gasteiger partial charge < -0.3 is 10.1 Å². The van der Waals surface area contributed by atoms with Gasteiger partial charge in [0.25, 0.3) is 0 Å². The van der Waals surface area contributed by atoms with Crippen LogP contribution in [0.2, 0.25) is 0 Å². The van der Waals surface area contributed by atoms with Gasteiger partial charge in [0.05, 0.1) is 6.33 Å². The van der Waals surface area contributed by atoms with Crippen molar-refractivity contribution in [2.75, 3.05) is 0 Å². The highest BCUT2D eigenvalue weighted by atomic mass is 32.2. The number of nitrogens with one attached hydrogen (secondary N) is 1. The molecule has 3 rings (SSSR count). The number of aromatic amines is 1. The minimum atomic E-state index is -1.03. The molecular formula is C12H9N5O2S. The lowest BCUT2D eigenvalue weighted by atomic mass is 10.2. The van der Waals surface area contributed by atoms with Gasteiger partial charge in [0, 0.05) is 11.9 Å². The van der Waals surface area contributed by atoms with E-state index in [0.717, 1.165) is 10.5 Å². The summed E-state index contributed by atoms with van der Waals surface area (Å²) in [6.07, 6.45) is 4.46. The summed E-state index contributed by atoms with van der Waals surface area (Å²) in [4.78, 5) is 30.2. The number of carboxylic acid groups (broad SMARTS) is 1. The Kier molecular flexibility index (Phi) is 3.30. The number of imidazole rings is 1. The van der Waals surface area contributed by atoms with E-state index in [1.807, 2.05) is 0 Å². The van der Waals surface area contributed by atoms with Crippen LogP contribution in [-0.2, 0) is 5.75 Å². The molecule has 0 saturated heterocycles. The van der Waals surface area contributed by atoms with Crippen LogP contribution in [0, 0.1) is 0 Å². The molecule has 3 aromatic rings. The highest BCUT2D eigenvalue weighted by Gasteiger charge is 2.13. The van der Waals surface area contributed by atoms with Crippen molar-refractivity contribution < 1.29 is 9.90 Å². The molecule has 8 heteroatoms. The summed E-state index contributed by atoms with van der Waals surface area (Å²) in [5, 5.41) is 9.82. The van der Waals surface area contributed by atoms with E-state index >= 15 is 0 Å². The monoisotopic (exact) mass is 287 g/mol. The average Bonchev–Trinajstić information content (AvgIpc) is 2.94. The number of rotatable bonds is 4. The highest BCUT2D eigenvalue weighted by molar-refractivity contribution is 7.98. The Morgan fingerprint density at radius 1 is 1.30 bits per heavy atom. The molecule has 0 aliphatic rings. The molecule has 7 nitrogen and oxygen atoms in total. The van der Waals surface area contributed by atoms with Crippen molar-refractivity contribution in [3.63, 3.8) is 0 Å². The van der Waals surface area contributed by atoms with Crippen molar-refractivity contribution in [3.05, 3.63) is 42.2 Å². The van der Waals surface area contributed by atoms with Gasteiger partial charge in [-0.1, -0.05) is 17.8 Å². The predicted molar refractivity (Wildman–Crippen MR) is 72.4 cm³/mol. The van der Waals surface area contributed by atoms with Gasteiger partial charge in [-0.2, -0.15) is 0 Å². The number of aromatic nitrogens is 5. The minimum absolute atomic E-state index is 0.0647. The maximum absolute atomic E-state index is 11.1. The van der Waals surface area contributed by atoms with Gasteiger partial charge in [-0.15, -0.1) is 0 Å². The minimum Gasteiger partial charge on any atom is -0.477 e. The molecule has 0 saturated carbocycles. The zero-order valence-corrected chi connectivity index (χ0v) is 11.0. The first kappa shape index (κ1) is 12.5. The SMILES string of the molecule is O=C(O)c1ncccc1CSc1ncnc2nc[nH]c12. The second-order valence-corrected chi connectivity index (χ2v) is 4.85. The van der Waals surface area contributed by atoms with Crippen LogP contribution in [0.1, 0.15) is 16.1 Å². The van der Waals surface area contributed by atoms with Crippen LogP contribution in [0.15, 0.2) is 36.0 Å². The summed E-state index contributed by atoms with van der Waals surface area (Å²) in [6, 6.07) is 3.46. The molecule has 20 heavy (non-hydrogen) atoms. The normalized spacial score (nSPS) is 10.8. The summed E-state index contributed by atoms with van der Waals surface area (Å²) in [7, 11) is 0. The molecule has 3 heterocycles. The predicted octanol–water partition coefficient (Wildman–Crippen LogP) is 1.74. The van der Waals surface area contributed by atoms with Gasteiger partial charge in [-0.3, -0.25) is 0 Å². The molecule has 0 spiro atoms. The molecule has 0 radical (unpaired) electrons. The molecule has 0 aromatic carbocycles. The number of fused-ring (bicyclic) bond motifs is 1. The number of carbonyl (C=O) groups is 1. The maximum Gasteiger partial charge on any atom is 0.354 e. The third-order valence-corrected chi connectivity index (χ3v) is 3.68. The topological polar surface area (TPSA) is 105 Å². The van der Waals surface area contributed by atoms with Crippen molar-refractivity contribution in [2.24, 2.45) is 0 Å². The molecule has 0 aliphatic heterocycles. The number of pyridine rings is 1. The first-order chi connectivity index (χ1) is 9.75. The van der Waals surface area contributed by atoms with E-state index in [1.54, 1.807) is 18.5 Å².